The minimum Gasteiger partial charge on any atom is -0.327 e. The summed E-state index contributed by atoms with van der Waals surface area (Å²) < 4.78 is 0. The summed E-state index contributed by atoms with van der Waals surface area (Å²) in [6, 6.07) is 0.557. The SMILES string of the molecule is Cc1cnc(C(C)NCCC(N)C(C)(C)C)s1. The smallest absolute Gasteiger partial charge is 0.109 e. The summed E-state index contributed by atoms with van der Waals surface area (Å²) in [4.78, 5) is 5.65. The van der Waals surface area contributed by atoms with E-state index in [-0.39, 0.29) is 11.5 Å². The van der Waals surface area contributed by atoms with Crippen molar-refractivity contribution >= 4 is 11.3 Å². The molecule has 2 atom stereocenters. The Bertz CT molecular complexity index is 341. The van der Waals surface area contributed by atoms with E-state index in [0.29, 0.717) is 6.04 Å². The summed E-state index contributed by atoms with van der Waals surface area (Å²) in [6.45, 7) is 11.7. The van der Waals surface area contributed by atoms with Crippen LogP contribution in [-0.2, 0) is 0 Å². The van der Waals surface area contributed by atoms with Crippen molar-refractivity contribution in [1.82, 2.24) is 10.3 Å². The van der Waals surface area contributed by atoms with Gasteiger partial charge in [0.15, 0.2) is 0 Å². The highest BCUT2D eigenvalue weighted by molar-refractivity contribution is 7.11. The Morgan fingerprint density at radius 1 is 1.47 bits per heavy atom. The number of nitrogens with two attached hydrogens (primary N) is 1. The molecule has 1 aromatic heterocycles. The van der Waals surface area contributed by atoms with Gasteiger partial charge in [-0.2, -0.15) is 0 Å². The van der Waals surface area contributed by atoms with Gasteiger partial charge in [-0.15, -0.1) is 11.3 Å². The molecule has 0 aliphatic heterocycles. The van der Waals surface area contributed by atoms with E-state index >= 15 is 0 Å². The van der Waals surface area contributed by atoms with E-state index < -0.39 is 0 Å². The largest absolute Gasteiger partial charge is 0.327 e. The third kappa shape index (κ3) is 4.74. The van der Waals surface area contributed by atoms with E-state index in [1.54, 1.807) is 11.3 Å². The van der Waals surface area contributed by atoms with Crippen molar-refractivity contribution in [3.8, 4) is 0 Å². The second-order valence-corrected chi connectivity index (χ2v) is 7.01. The van der Waals surface area contributed by atoms with Crippen molar-refractivity contribution in [3.63, 3.8) is 0 Å². The van der Waals surface area contributed by atoms with Crippen molar-refractivity contribution in [2.75, 3.05) is 6.54 Å². The van der Waals surface area contributed by atoms with Gasteiger partial charge in [-0.3, -0.25) is 0 Å². The monoisotopic (exact) mass is 255 g/mol. The van der Waals surface area contributed by atoms with E-state index in [2.05, 4.69) is 44.9 Å². The first-order chi connectivity index (χ1) is 7.80. The molecule has 98 valence electrons. The molecule has 1 heterocycles. The van der Waals surface area contributed by atoms with Gasteiger partial charge in [0.25, 0.3) is 0 Å². The van der Waals surface area contributed by atoms with Crippen LogP contribution in [0.1, 0.15) is 50.0 Å². The van der Waals surface area contributed by atoms with Crippen molar-refractivity contribution in [2.45, 2.75) is 53.1 Å². The van der Waals surface area contributed by atoms with Crippen LogP contribution in [-0.4, -0.2) is 17.6 Å². The molecular formula is C13H25N3S. The predicted octanol–water partition coefficient (Wildman–Crippen LogP) is 2.87. The molecule has 3 N–H and O–H groups in total. The van der Waals surface area contributed by atoms with Gasteiger partial charge in [0.05, 0.1) is 6.04 Å². The summed E-state index contributed by atoms with van der Waals surface area (Å²) in [5.74, 6) is 0. The third-order valence-electron chi connectivity index (χ3n) is 3.03. The van der Waals surface area contributed by atoms with Crippen LogP contribution in [0.15, 0.2) is 6.20 Å². The fraction of sp³-hybridized carbons (Fsp3) is 0.769. The molecule has 0 saturated carbocycles. The molecule has 0 aliphatic carbocycles. The van der Waals surface area contributed by atoms with E-state index in [4.69, 9.17) is 5.73 Å². The average Bonchev–Trinajstić information content (AvgIpc) is 2.63. The molecule has 0 bridgehead atoms. The highest BCUT2D eigenvalue weighted by Gasteiger charge is 2.20. The molecule has 3 nitrogen and oxygen atoms in total. The molecular weight excluding hydrogens is 230 g/mol. The van der Waals surface area contributed by atoms with Crippen LogP contribution in [0.3, 0.4) is 0 Å². The van der Waals surface area contributed by atoms with E-state index in [1.807, 2.05) is 6.20 Å². The minimum atomic E-state index is 0.183. The number of hydrogen-bond donors (Lipinski definition) is 2. The minimum absolute atomic E-state index is 0.183. The Kier molecular flexibility index (Phi) is 5.10. The maximum atomic E-state index is 6.13. The second-order valence-electron chi connectivity index (χ2n) is 5.75. The van der Waals surface area contributed by atoms with E-state index in [0.717, 1.165) is 18.0 Å². The molecule has 1 aromatic rings. The molecule has 0 amide bonds. The Morgan fingerprint density at radius 2 is 2.12 bits per heavy atom. The van der Waals surface area contributed by atoms with Crippen LogP contribution in [0.2, 0.25) is 0 Å². The van der Waals surface area contributed by atoms with Gasteiger partial charge in [-0.25, -0.2) is 4.98 Å². The van der Waals surface area contributed by atoms with Crippen molar-refractivity contribution < 1.29 is 0 Å². The maximum Gasteiger partial charge on any atom is 0.109 e. The van der Waals surface area contributed by atoms with Gasteiger partial charge < -0.3 is 11.1 Å². The van der Waals surface area contributed by atoms with Crippen molar-refractivity contribution in [1.29, 1.82) is 0 Å². The molecule has 2 unspecified atom stereocenters. The van der Waals surface area contributed by atoms with Crippen molar-refractivity contribution in [3.05, 3.63) is 16.1 Å². The molecule has 1 rings (SSSR count). The Labute approximate surface area is 109 Å². The molecule has 0 aromatic carbocycles. The number of nitrogens with zero attached hydrogens (tertiary/aromatic N) is 1. The summed E-state index contributed by atoms with van der Waals surface area (Å²) >= 11 is 1.76. The Hall–Kier alpha value is -0.450. The molecule has 0 spiro atoms. The second kappa shape index (κ2) is 5.94. The quantitative estimate of drug-likeness (QED) is 0.850. The van der Waals surface area contributed by atoms with Crippen LogP contribution in [0.5, 0.6) is 0 Å². The predicted molar refractivity (Wildman–Crippen MR) is 75.3 cm³/mol. The third-order valence-corrected chi connectivity index (χ3v) is 4.12. The lowest BCUT2D eigenvalue weighted by atomic mass is 9.85. The first-order valence-corrected chi connectivity index (χ1v) is 7.03. The van der Waals surface area contributed by atoms with Gasteiger partial charge in [0.1, 0.15) is 5.01 Å². The number of rotatable bonds is 5. The number of aryl methyl sites for hydroxylation is 1. The topological polar surface area (TPSA) is 50.9 Å². The lowest BCUT2D eigenvalue weighted by molar-refractivity contribution is 0.300. The molecule has 17 heavy (non-hydrogen) atoms. The zero-order valence-electron chi connectivity index (χ0n) is 11.6. The van der Waals surface area contributed by atoms with Gasteiger partial charge in [-0.1, -0.05) is 20.8 Å². The Balaban J connectivity index is 2.32. The van der Waals surface area contributed by atoms with Gasteiger partial charge in [0, 0.05) is 17.1 Å². The van der Waals surface area contributed by atoms with Crippen LogP contribution < -0.4 is 11.1 Å². The fourth-order valence-electron chi connectivity index (χ4n) is 1.55. The maximum absolute atomic E-state index is 6.13. The lowest BCUT2D eigenvalue weighted by Crippen LogP contribution is -2.38. The number of hydrogen-bond acceptors (Lipinski definition) is 4. The molecule has 0 fully saturated rings. The average molecular weight is 255 g/mol. The summed E-state index contributed by atoms with van der Waals surface area (Å²) in [5, 5.41) is 4.64. The molecule has 0 saturated heterocycles. The van der Waals surface area contributed by atoms with Gasteiger partial charge in [0.2, 0.25) is 0 Å². The zero-order valence-corrected chi connectivity index (χ0v) is 12.4. The van der Waals surface area contributed by atoms with Crippen LogP contribution in [0.25, 0.3) is 0 Å². The van der Waals surface area contributed by atoms with Crippen LogP contribution >= 0.6 is 11.3 Å². The van der Waals surface area contributed by atoms with Crippen molar-refractivity contribution in [2.24, 2.45) is 11.1 Å². The number of thiazole rings is 1. The standard InChI is InChI=1S/C13H25N3S/c1-9-8-16-12(17-9)10(2)15-7-6-11(14)13(3,4)5/h8,10-11,15H,6-7,14H2,1-5H3. The molecule has 4 heteroatoms. The van der Waals surface area contributed by atoms with Gasteiger partial charge in [-0.05, 0) is 32.2 Å². The van der Waals surface area contributed by atoms with Crippen LogP contribution in [0.4, 0.5) is 0 Å². The highest BCUT2D eigenvalue weighted by atomic mass is 32.1. The van der Waals surface area contributed by atoms with Crippen LogP contribution in [0, 0.1) is 12.3 Å². The fourth-order valence-corrected chi connectivity index (χ4v) is 2.35. The lowest BCUT2D eigenvalue weighted by Gasteiger charge is -2.27. The normalized spacial score (nSPS) is 15.9. The van der Waals surface area contributed by atoms with Gasteiger partial charge >= 0.3 is 0 Å². The number of aromatic nitrogens is 1. The van der Waals surface area contributed by atoms with E-state index in [9.17, 15) is 0 Å². The zero-order chi connectivity index (χ0) is 13.1. The summed E-state index contributed by atoms with van der Waals surface area (Å²) in [5.41, 5.74) is 6.31. The summed E-state index contributed by atoms with van der Waals surface area (Å²) in [7, 11) is 0. The first-order valence-electron chi connectivity index (χ1n) is 6.22. The number of nitrogens with one attached hydrogen (secondary N) is 1. The summed E-state index contributed by atoms with van der Waals surface area (Å²) in [6.07, 6.45) is 2.93. The molecule has 0 radical (unpaired) electrons. The highest BCUT2D eigenvalue weighted by Crippen LogP contribution is 2.21. The first kappa shape index (κ1) is 14.6. The van der Waals surface area contributed by atoms with E-state index in [1.165, 1.54) is 4.88 Å². The molecule has 0 aliphatic rings. The Morgan fingerprint density at radius 3 is 2.59 bits per heavy atom.